The van der Waals surface area contributed by atoms with Gasteiger partial charge in [-0.05, 0) is 24.2 Å². The molecule has 0 spiro atoms. The average Bonchev–Trinajstić information content (AvgIpc) is 2.59. The van der Waals surface area contributed by atoms with Crippen molar-refractivity contribution in [2.24, 2.45) is 11.3 Å². The van der Waals surface area contributed by atoms with Crippen LogP contribution in [0.15, 0.2) is 0 Å². The van der Waals surface area contributed by atoms with Crippen LogP contribution in [0.5, 0.6) is 0 Å². The molecular weight excluding hydrogens is 216 g/mol. The van der Waals surface area contributed by atoms with Crippen molar-refractivity contribution in [3.8, 4) is 0 Å². The summed E-state index contributed by atoms with van der Waals surface area (Å²) in [6, 6.07) is -0.222. The van der Waals surface area contributed by atoms with E-state index in [0.717, 1.165) is 6.42 Å². The fourth-order valence-corrected chi connectivity index (χ4v) is 2.54. The Morgan fingerprint density at radius 3 is 2.65 bits per heavy atom. The van der Waals surface area contributed by atoms with Crippen molar-refractivity contribution >= 4 is 5.91 Å². The van der Waals surface area contributed by atoms with E-state index in [1.54, 1.807) is 0 Å². The summed E-state index contributed by atoms with van der Waals surface area (Å²) in [6.07, 6.45) is 1.24. The molecule has 0 bridgehead atoms. The number of rotatable bonds is 5. The van der Waals surface area contributed by atoms with Crippen LogP contribution in [0.25, 0.3) is 0 Å². The topological polar surface area (TPSA) is 61.4 Å². The normalized spacial score (nSPS) is 25.3. The first kappa shape index (κ1) is 14.5. The summed E-state index contributed by atoms with van der Waals surface area (Å²) in [5, 5.41) is 15.4. The number of carbonyl (C=O) groups excluding carboxylic acids is 1. The van der Waals surface area contributed by atoms with E-state index in [1.165, 1.54) is 0 Å². The van der Waals surface area contributed by atoms with Crippen LogP contribution in [0, 0.1) is 11.3 Å². The maximum absolute atomic E-state index is 11.8. The Morgan fingerprint density at radius 2 is 2.18 bits per heavy atom. The minimum absolute atomic E-state index is 0.0124. The van der Waals surface area contributed by atoms with Crippen molar-refractivity contribution in [2.75, 3.05) is 13.1 Å². The second-order valence-electron chi connectivity index (χ2n) is 6.33. The molecule has 1 heterocycles. The summed E-state index contributed by atoms with van der Waals surface area (Å²) in [5.74, 6) is 0.645. The van der Waals surface area contributed by atoms with E-state index in [0.29, 0.717) is 25.4 Å². The molecule has 3 N–H and O–H groups in total. The molecule has 1 amide bonds. The standard InChI is InChI=1S/C13H26N2O2/c1-9(2)6-13(3,4)8-15-12(17)11-5-10(16)7-14-11/h9-11,14,16H,5-8H2,1-4H3,(H,15,17). The lowest BCUT2D eigenvalue weighted by Gasteiger charge is -2.27. The summed E-state index contributed by atoms with van der Waals surface area (Å²) in [6.45, 7) is 9.94. The molecule has 0 saturated carbocycles. The SMILES string of the molecule is CC(C)CC(C)(C)CNC(=O)C1CC(O)CN1. The van der Waals surface area contributed by atoms with E-state index in [-0.39, 0.29) is 23.5 Å². The van der Waals surface area contributed by atoms with Crippen molar-refractivity contribution in [1.82, 2.24) is 10.6 Å². The van der Waals surface area contributed by atoms with Crippen molar-refractivity contribution in [3.63, 3.8) is 0 Å². The van der Waals surface area contributed by atoms with Crippen molar-refractivity contribution < 1.29 is 9.90 Å². The molecule has 0 aromatic carbocycles. The molecule has 1 rings (SSSR count). The quantitative estimate of drug-likeness (QED) is 0.671. The summed E-state index contributed by atoms with van der Waals surface area (Å²) < 4.78 is 0. The lowest BCUT2D eigenvalue weighted by atomic mass is 9.84. The van der Waals surface area contributed by atoms with Gasteiger partial charge in [0, 0.05) is 13.1 Å². The van der Waals surface area contributed by atoms with Gasteiger partial charge in [-0.25, -0.2) is 0 Å². The zero-order chi connectivity index (χ0) is 13.1. The third-order valence-corrected chi connectivity index (χ3v) is 3.13. The first-order chi connectivity index (χ1) is 7.80. The third kappa shape index (κ3) is 5.04. The fraction of sp³-hybridized carbons (Fsp3) is 0.923. The Kier molecular flexibility index (Phi) is 4.95. The number of nitrogens with one attached hydrogen (secondary N) is 2. The molecule has 0 aliphatic carbocycles. The first-order valence-electron chi connectivity index (χ1n) is 6.49. The summed E-state index contributed by atoms with van der Waals surface area (Å²) in [4.78, 5) is 11.8. The molecule has 2 unspecified atom stereocenters. The number of hydrogen-bond donors (Lipinski definition) is 3. The van der Waals surface area contributed by atoms with Crippen LogP contribution < -0.4 is 10.6 Å². The molecule has 4 heteroatoms. The van der Waals surface area contributed by atoms with E-state index in [4.69, 9.17) is 0 Å². The minimum Gasteiger partial charge on any atom is -0.392 e. The van der Waals surface area contributed by atoms with Gasteiger partial charge in [-0.2, -0.15) is 0 Å². The molecule has 0 aromatic rings. The predicted octanol–water partition coefficient (Wildman–Crippen LogP) is 0.898. The van der Waals surface area contributed by atoms with Crippen LogP contribution in [0.4, 0.5) is 0 Å². The Bertz CT molecular complexity index is 264. The Balaban J connectivity index is 2.32. The van der Waals surface area contributed by atoms with Gasteiger partial charge in [0.1, 0.15) is 0 Å². The summed E-state index contributed by atoms with van der Waals surface area (Å²) in [7, 11) is 0. The summed E-state index contributed by atoms with van der Waals surface area (Å²) >= 11 is 0. The van der Waals surface area contributed by atoms with Crippen LogP contribution >= 0.6 is 0 Å². The van der Waals surface area contributed by atoms with Crippen LogP contribution in [0.1, 0.15) is 40.5 Å². The van der Waals surface area contributed by atoms with E-state index in [2.05, 4.69) is 38.3 Å². The molecule has 0 radical (unpaired) electrons. The predicted molar refractivity (Wildman–Crippen MR) is 68.7 cm³/mol. The van der Waals surface area contributed by atoms with Gasteiger partial charge in [0.05, 0.1) is 12.1 Å². The highest BCUT2D eigenvalue weighted by Gasteiger charge is 2.29. The second-order valence-corrected chi connectivity index (χ2v) is 6.33. The zero-order valence-corrected chi connectivity index (χ0v) is 11.4. The third-order valence-electron chi connectivity index (χ3n) is 3.13. The largest absolute Gasteiger partial charge is 0.392 e. The van der Waals surface area contributed by atoms with Crippen LogP contribution in [-0.2, 0) is 4.79 Å². The smallest absolute Gasteiger partial charge is 0.237 e. The van der Waals surface area contributed by atoms with Gasteiger partial charge < -0.3 is 15.7 Å². The Hall–Kier alpha value is -0.610. The average molecular weight is 242 g/mol. The highest BCUT2D eigenvalue weighted by molar-refractivity contribution is 5.82. The molecule has 4 nitrogen and oxygen atoms in total. The first-order valence-corrected chi connectivity index (χ1v) is 6.49. The molecule has 17 heavy (non-hydrogen) atoms. The number of amides is 1. The lowest BCUT2D eigenvalue weighted by Crippen LogP contribution is -2.44. The Morgan fingerprint density at radius 1 is 1.53 bits per heavy atom. The van der Waals surface area contributed by atoms with E-state index in [9.17, 15) is 9.90 Å². The van der Waals surface area contributed by atoms with Gasteiger partial charge in [-0.3, -0.25) is 4.79 Å². The van der Waals surface area contributed by atoms with E-state index >= 15 is 0 Å². The van der Waals surface area contributed by atoms with Crippen LogP contribution in [0.3, 0.4) is 0 Å². The van der Waals surface area contributed by atoms with Gasteiger partial charge in [0.25, 0.3) is 0 Å². The molecule has 1 aliphatic heterocycles. The van der Waals surface area contributed by atoms with Gasteiger partial charge >= 0.3 is 0 Å². The maximum atomic E-state index is 11.8. The molecule has 1 fully saturated rings. The second kappa shape index (κ2) is 5.83. The van der Waals surface area contributed by atoms with Crippen molar-refractivity contribution in [1.29, 1.82) is 0 Å². The molecule has 100 valence electrons. The van der Waals surface area contributed by atoms with Crippen molar-refractivity contribution in [3.05, 3.63) is 0 Å². The summed E-state index contributed by atoms with van der Waals surface area (Å²) in [5.41, 5.74) is 0.126. The van der Waals surface area contributed by atoms with Gasteiger partial charge in [-0.1, -0.05) is 27.7 Å². The van der Waals surface area contributed by atoms with Gasteiger partial charge in [0.15, 0.2) is 0 Å². The highest BCUT2D eigenvalue weighted by Crippen LogP contribution is 2.24. The number of aliphatic hydroxyl groups is 1. The number of β-amino-alcohol motifs (C(OH)–C–C–N with tert-alkyl or cyclic N) is 1. The molecule has 0 aromatic heterocycles. The molecule has 2 atom stereocenters. The van der Waals surface area contributed by atoms with Crippen LogP contribution in [0.2, 0.25) is 0 Å². The zero-order valence-electron chi connectivity index (χ0n) is 11.4. The highest BCUT2D eigenvalue weighted by atomic mass is 16.3. The molecule has 1 saturated heterocycles. The fourth-order valence-electron chi connectivity index (χ4n) is 2.54. The maximum Gasteiger partial charge on any atom is 0.237 e. The van der Waals surface area contributed by atoms with Crippen molar-refractivity contribution in [2.45, 2.75) is 52.7 Å². The van der Waals surface area contributed by atoms with Gasteiger partial charge in [-0.15, -0.1) is 0 Å². The molecular formula is C13H26N2O2. The van der Waals surface area contributed by atoms with E-state index < -0.39 is 0 Å². The monoisotopic (exact) mass is 242 g/mol. The van der Waals surface area contributed by atoms with E-state index in [1.807, 2.05) is 0 Å². The van der Waals surface area contributed by atoms with Crippen LogP contribution in [-0.4, -0.2) is 36.2 Å². The lowest BCUT2D eigenvalue weighted by molar-refractivity contribution is -0.123. The number of carbonyl (C=O) groups is 1. The minimum atomic E-state index is -0.380. The Labute approximate surface area is 104 Å². The van der Waals surface area contributed by atoms with Gasteiger partial charge in [0.2, 0.25) is 5.91 Å². The molecule has 1 aliphatic rings. The number of hydrogen-bond acceptors (Lipinski definition) is 3. The number of aliphatic hydroxyl groups excluding tert-OH is 1.